The Balaban J connectivity index is 1.49. The number of carbonyl (C=O) groups excluding carboxylic acids is 1. The van der Waals surface area contributed by atoms with Gasteiger partial charge in [0, 0.05) is 12.2 Å². The summed E-state index contributed by atoms with van der Waals surface area (Å²) in [7, 11) is 1.68. The van der Waals surface area contributed by atoms with Crippen molar-refractivity contribution in [2.75, 3.05) is 26.7 Å². The summed E-state index contributed by atoms with van der Waals surface area (Å²) < 4.78 is 7.23. The van der Waals surface area contributed by atoms with E-state index in [-0.39, 0.29) is 11.9 Å². The minimum absolute atomic E-state index is 0.0583. The SMILES string of the molecule is COc1ccc([C@H](CNC(=O)c2c(C)nn(Cc3ccccc3)c2C)N2CCCC2)cc1. The van der Waals surface area contributed by atoms with Gasteiger partial charge in [-0.3, -0.25) is 14.4 Å². The third-order valence-corrected chi connectivity index (χ3v) is 6.32. The number of likely N-dealkylation sites (tertiary alicyclic amines) is 1. The topological polar surface area (TPSA) is 59.4 Å². The molecule has 0 unspecified atom stereocenters. The molecule has 1 saturated heterocycles. The van der Waals surface area contributed by atoms with Crippen LogP contribution in [0.25, 0.3) is 0 Å². The summed E-state index contributed by atoms with van der Waals surface area (Å²) in [5.74, 6) is 0.784. The van der Waals surface area contributed by atoms with Crippen molar-refractivity contribution in [2.24, 2.45) is 0 Å². The molecule has 0 spiro atoms. The number of ether oxygens (including phenoxy) is 1. The third kappa shape index (κ3) is 4.86. The number of aromatic nitrogens is 2. The monoisotopic (exact) mass is 432 g/mol. The first-order valence-electron chi connectivity index (χ1n) is 11.3. The van der Waals surface area contributed by atoms with Crippen LogP contribution >= 0.6 is 0 Å². The van der Waals surface area contributed by atoms with Crippen LogP contribution in [0.1, 0.15) is 51.8 Å². The van der Waals surface area contributed by atoms with E-state index in [1.807, 2.05) is 48.9 Å². The van der Waals surface area contributed by atoms with Gasteiger partial charge in [0.05, 0.1) is 31.0 Å². The van der Waals surface area contributed by atoms with Crippen LogP contribution in [-0.4, -0.2) is 47.3 Å². The highest BCUT2D eigenvalue weighted by atomic mass is 16.5. The van der Waals surface area contributed by atoms with E-state index in [0.717, 1.165) is 30.2 Å². The van der Waals surface area contributed by atoms with E-state index >= 15 is 0 Å². The van der Waals surface area contributed by atoms with Gasteiger partial charge in [0.1, 0.15) is 5.75 Å². The molecule has 168 valence electrons. The number of nitrogens with one attached hydrogen (secondary N) is 1. The molecule has 0 radical (unpaired) electrons. The van der Waals surface area contributed by atoms with Crippen molar-refractivity contribution in [1.29, 1.82) is 0 Å². The normalized spacial score (nSPS) is 15.0. The number of hydrogen-bond donors (Lipinski definition) is 1. The largest absolute Gasteiger partial charge is 0.497 e. The molecule has 1 aromatic heterocycles. The number of amides is 1. The highest BCUT2D eigenvalue weighted by Gasteiger charge is 2.25. The Morgan fingerprint density at radius 1 is 1.06 bits per heavy atom. The van der Waals surface area contributed by atoms with Crippen molar-refractivity contribution < 1.29 is 9.53 Å². The van der Waals surface area contributed by atoms with Crippen LogP contribution in [0.15, 0.2) is 54.6 Å². The molecule has 1 fully saturated rings. The number of nitrogens with zero attached hydrogens (tertiary/aromatic N) is 3. The molecule has 0 saturated carbocycles. The predicted molar refractivity (Wildman–Crippen MR) is 126 cm³/mol. The van der Waals surface area contributed by atoms with Crippen molar-refractivity contribution in [1.82, 2.24) is 20.0 Å². The second-order valence-electron chi connectivity index (χ2n) is 8.43. The summed E-state index contributed by atoms with van der Waals surface area (Å²) in [6.45, 7) is 7.21. The van der Waals surface area contributed by atoms with Crippen molar-refractivity contribution >= 4 is 5.91 Å². The molecule has 2 aromatic carbocycles. The molecular formula is C26H32N4O2. The van der Waals surface area contributed by atoms with Gasteiger partial charge in [0.15, 0.2) is 0 Å². The maximum absolute atomic E-state index is 13.2. The van der Waals surface area contributed by atoms with Gasteiger partial charge < -0.3 is 10.1 Å². The van der Waals surface area contributed by atoms with E-state index < -0.39 is 0 Å². The van der Waals surface area contributed by atoms with Gasteiger partial charge >= 0.3 is 0 Å². The molecule has 2 heterocycles. The number of benzene rings is 2. The molecule has 3 aromatic rings. The molecule has 0 bridgehead atoms. The molecule has 1 N–H and O–H groups in total. The lowest BCUT2D eigenvalue weighted by Gasteiger charge is -2.28. The molecule has 1 amide bonds. The molecule has 32 heavy (non-hydrogen) atoms. The molecular weight excluding hydrogens is 400 g/mol. The first-order chi connectivity index (χ1) is 15.6. The fourth-order valence-electron chi connectivity index (χ4n) is 4.55. The molecule has 1 atom stereocenters. The van der Waals surface area contributed by atoms with E-state index in [1.54, 1.807) is 7.11 Å². The minimum Gasteiger partial charge on any atom is -0.497 e. The van der Waals surface area contributed by atoms with Crippen LogP contribution in [0.3, 0.4) is 0 Å². The summed E-state index contributed by atoms with van der Waals surface area (Å²) in [4.78, 5) is 15.7. The van der Waals surface area contributed by atoms with Gasteiger partial charge in [-0.15, -0.1) is 0 Å². The Kier molecular flexibility index (Phi) is 6.90. The number of methoxy groups -OCH3 is 1. The second kappa shape index (κ2) is 10.0. The van der Waals surface area contributed by atoms with Crippen molar-refractivity contribution in [3.63, 3.8) is 0 Å². The zero-order valence-corrected chi connectivity index (χ0v) is 19.2. The van der Waals surface area contributed by atoms with Gasteiger partial charge in [-0.2, -0.15) is 5.10 Å². The van der Waals surface area contributed by atoms with Gasteiger partial charge in [0.25, 0.3) is 5.91 Å². The summed E-state index contributed by atoms with van der Waals surface area (Å²) in [6, 6.07) is 18.5. The lowest BCUT2D eigenvalue weighted by atomic mass is 10.0. The van der Waals surface area contributed by atoms with E-state index in [2.05, 4.69) is 39.6 Å². The molecule has 4 rings (SSSR count). The lowest BCUT2D eigenvalue weighted by Crippen LogP contribution is -2.37. The average molecular weight is 433 g/mol. The molecule has 1 aliphatic heterocycles. The van der Waals surface area contributed by atoms with Crippen LogP contribution in [0, 0.1) is 13.8 Å². The van der Waals surface area contributed by atoms with Crippen LogP contribution in [0.2, 0.25) is 0 Å². The summed E-state index contributed by atoms with van der Waals surface area (Å²) in [5.41, 5.74) is 4.69. The average Bonchev–Trinajstić information content (AvgIpc) is 3.43. The minimum atomic E-state index is -0.0583. The molecule has 6 heteroatoms. The van der Waals surface area contributed by atoms with Gasteiger partial charge in [0.2, 0.25) is 0 Å². The fraction of sp³-hybridized carbons (Fsp3) is 0.385. The van der Waals surface area contributed by atoms with E-state index in [0.29, 0.717) is 18.7 Å². The number of aryl methyl sites for hydroxylation is 1. The van der Waals surface area contributed by atoms with Gasteiger partial charge in [-0.1, -0.05) is 42.5 Å². The molecule has 1 aliphatic rings. The molecule has 0 aliphatic carbocycles. The Morgan fingerprint density at radius 3 is 2.41 bits per heavy atom. The van der Waals surface area contributed by atoms with Crippen LogP contribution < -0.4 is 10.1 Å². The fourth-order valence-corrected chi connectivity index (χ4v) is 4.55. The van der Waals surface area contributed by atoms with Gasteiger partial charge in [-0.25, -0.2) is 0 Å². The molecule has 6 nitrogen and oxygen atoms in total. The first-order valence-corrected chi connectivity index (χ1v) is 11.3. The number of hydrogen-bond acceptors (Lipinski definition) is 4. The first kappa shape index (κ1) is 22.1. The van der Waals surface area contributed by atoms with E-state index in [1.165, 1.54) is 24.0 Å². The Labute approximate surface area is 190 Å². The smallest absolute Gasteiger partial charge is 0.255 e. The lowest BCUT2D eigenvalue weighted by molar-refractivity contribution is 0.0936. The quantitative estimate of drug-likeness (QED) is 0.582. The van der Waals surface area contributed by atoms with E-state index in [4.69, 9.17) is 4.74 Å². The van der Waals surface area contributed by atoms with Gasteiger partial charge in [-0.05, 0) is 63.0 Å². The van der Waals surface area contributed by atoms with Crippen molar-refractivity contribution in [2.45, 2.75) is 39.3 Å². The Hall–Kier alpha value is -3.12. The van der Waals surface area contributed by atoms with Crippen LogP contribution in [0.5, 0.6) is 5.75 Å². The summed E-state index contributed by atoms with van der Waals surface area (Å²) in [6.07, 6.45) is 2.40. The Morgan fingerprint density at radius 2 is 1.75 bits per heavy atom. The highest BCUT2D eigenvalue weighted by molar-refractivity contribution is 5.96. The Bertz CT molecular complexity index is 1040. The zero-order valence-electron chi connectivity index (χ0n) is 19.2. The van der Waals surface area contributed by atoms with E-state index in [9.17, 15) is 4.79 Å². The maximum Gasteiger partial charge on any atom is 0.255 e. The number of rotatable bonds is 8. The number of carbonyl (C=O) groups is 1. The van der Waals surface area contributed by atoms with Crippen LogP contribution in [0.4, 0.5) is 0 Å². The maximum atomic E-state index is 13.2. The van der Waals surface area contributed by atoms with Crippen LogP contribution in [-0.2, 0) is 6.54 Å². The summed E-state index contributed by atoms with van der Waals surface area (Å²) in [5, 5.41) is 7.84. The predicted octanol–water partition coefficient (Wildman–Crippen LogP) is 4.12. The standard InChI is InChI=1S/C26H32N4O2/c1-19-25(20(2)30(28-19)18-21-9-5-4-6-10-21)26(31)27-17-24(29-15-7-8-16-29)22-11-13-23(32-3)14-12-22/h4-6,9-14,24H,7-8,15-18H2,1-3H3,(H,27,31)/t24-/m0/s1. The second-order valence-corrected chi connectivity index (χ2v) is 8.43. The highest BCUT2D eigenvalue weighted by Crippen LogP contribution is 2.26. The van der Waals surface area contributed by atoms with Crippen molar-refractivity contribution in [3.05, 3.63) is 82.7 Å². The van der Waals surface area contributed by atoms with Crippen molar-refractivity contribution in [3.8, 4) is 5.75 Å². The zero-order chi connectivity index (χ0) is 22.5. The summed E-state index contributed by atoms with van der Waals surface area (Å²) >= 11 is 0. The third-order valence-electron chi connectivity index (χ3n) is 6.32.